The molecule has 0 saturated heterocycles. The molecule has 0 radical (unpaired) electrons. The first-order chi connectivity index (χ1) is 9.81. The van der Waals surface area contributed by atoms with E-state index in [1.807, 2.05) is 12.3 Å². The van der Waals surface area contributed by atoms with E-state index in [4.69, 9.17) is 11.6 Å². The number of hydrogen-bond donors (Lipinski definition) is 1. The summed E-state index contributed by atoms with van der Waals surface area (Å²) in [7, 11) is 0. The molecule has 0 atom stereocenters. The molecule has 0 spiro atoms. The molecule has 0 fully saturated rings. The number of benzene rings is 2. The highest BCUT2D eigenvalue weighted by Gasteiger charge is 2.18. The highest BCUT2D eigenvalue weighted by Crippen LogP contribution is 2.33. The monoisotopic (exact) mass is 282 g/mol. The Bertz CT molecular complexity index is 776. The lowest BCUT2D eigenvalue weighted by Gasteiger charge is -2.31. The summed E-state index contributed by atoms with van der Waals surface area (Å²) in [6.07, 6.45) is 3.07. The van der Waals surface area contributed by atoms with Crippen molar-refractivity contribution in [3.8, 4) is 0 Å². The maximum Gasteiger partial charge on any atom is 0.0489 e. The van der Waals surface area contributed by atoms with Gasteiger partial charge < -0.3 is 9.88 Å². The van der Waals surface area contributed by atoms with Crippen molar-refractivity contribution in [1.29, 1.82) is 0 Å². The summed E-state index contributed by atoms with van der Waals surface area (Å²) >= 11 is 6.25. The van der Waals surface area contributed by atoms with Crippen molar-refractivity contribution in [2.45, 2.75) is 13.0 Å². The first-order valence-corrected chi connectivity index (χ1v) is 7.27. The third-order valence-electron chi connectivity index (χ3n) is 4.08. The Morgan fingerprint density at radius 3 is 2.80 bits per heavy atom. The van der Waals surface area contributed by atoms with Crippen LogP contribution in [0.4, 0.5) is 5.69 Å². The maximum atomic E-state index is 6.25. The van der Waals surface area contributed by atoms with Crippen molar-refractivity contribution in [1.82, 2.24) is 4.98 Å². The fourth-order valence-electron chi connectivity index (χ4n) is 3.08. The maximum absolute atomic E-state index is 6.25. The highest BCUT2D eigenvalue weighted by atomic mass is 35.5. The molecule has 0 saturated carbocycles. The molecule has 1 N–H and O–H groups in total. The van der Waals surface area contributed by atoms with Gasteiger partial charge in [-0.3, -0.25) is 0 Å². The van der Waals surface area contributed by atoms with Crippen LogP contribution in [-0.2, 0) is 13.0 Å². The fourth-order valence-corrected chi connectivity index (χ4v) is 3.29. The first kappa shape index (κ1) is 11.9. The topological polar surface area (TPSA) is 19.0 Å². The minimum absolute atomic E-state index is 0.786. The molecule has 1 aliphatic rings. The minimum atomic E-state index is 0.786. The van der Waals surface area contributed by atoms with E-state index in [0.717, 1.165) is 30.0 Å². The molecule has 20 heavy (non-hydrogen) atoms. The van der Waals surface area contributed by atoms with Gasteiger partial charge in [0.25, 0.3) is 0 Å². The van der Waals surface area contributed by atoms with Gasteiger partial charge in [-0.05, 0) is 35.7 Å². The van der Waals surface area contributed by atoms with Crippen molar-refractivity contribution in [3.63, 3.8) is 0 Å². The molecule has 1 aromatic heterocycles. The van der Waals surface area contributed by atoms with Gasteiger partial charge in [-0.1, -0.05) is 35.9 Å². The summed E-state index contributed by atoms with van der Waals surface area (Å²) in [6.45, 7) is 1.99. The quantitative estimate of drug-likeness (QED) is 0.701. The average molecular weight is 283 g/mol. The lowest BCUT2D eigenvalue weighted by molar-refractivity contribution is 0.734. The van der Waals surface area contributed by atoms with Gasteiger partial charge in [0, 0.05) is 40.9 Å². The van der Waals surface area contributed by atoms with Crippen molar-refractivity contribution >= 4 is 28.2 Å². The molecular weight excluding hydrogens is 268 g/mol. The van der Waals surface area contributed by atoms with Gasteiger partial charge in [-0.2, -0.15) is 0 Å². The van der Waals surface area contributed by atoms with Gasteiger partial charge >= 0.3 is 0 Å². The summed E-state index contributed by atoms with van der Waals surface area (Å²) in [5.74, 6) is 0. The molecule has 0 unspecified atom stereocenters. The molecule has 2 aromatic carbocycles. The van der Waals surface area contributed by atoms with E-state index in [1.54, 1.807) is 0 Å². The molecular formula is C17H15ClN2. The van der Waals surface area contributed by atoms with Crippen LogP contribution in [0, 0.1) is 0 Å². The first-order valence-electron chi connectivity index (χ1n) is 6.89. The van der Waals surface area contributed by atoms with Crippen LogP contribution in [0.2, 0.25) is 5.02 Å². The van der Waals surface area contributed by atoms with Crippen LogP contribution in [0.25, 0.3) is 10.9 Å². The number of hydrogen-bond acceptors (Lipinski definition) is 1. The molecule has 0 amide bonds. The minimum Gasteiger partial charge on any atom is -0.366 e. The highest BCUT2D eigenvalue weighted by molar-refractivity contribution is 6.31. The number of nitrogens with zero attached hydrogens (tertiary/aromatic N) is 1. The SMILES string of the molecule is Clc1cc(N2CCc3ccccc3C2)c2cc[nH]c2c1. The van der Waals surface area contributed by atoms with Crippen LogP contribution in [-0.4, -0.2) is 11.5 Å². The predicted molar refractivity (Wildman–Crippen MR) is 84.5 cm³/mol. The van der Waals surface area contributed by atoms with E-state index < -0.39 is 0 Å². The number of halogens is 1. The summed E-state index contributed by atoms with van der Waals surface area (Å²) in [5.41, 5.74) is 5.22. The summed E-state index contributed by atoms with van der Waals surface area (Å²) < 4.78 is 0. The largest absolute Gasteiger partial charge is 0.366 e. The van der Waals surface area contributed by atoms with Crippen molar-refractivity contribution in [2.75, 3.05) is 11.4 Å². The third-order valence-corrected chi connectivity index (χ3v) is 4.30. The Kier molecular flexibility index (Phi) is 2.71. The normalized spacial score (nSPS) is 14.6. The van der Waals surface area contributed by atoms with E-state index in [2.05, 4.69) is 46.3 Å². The van der Waals surface area contributed by atoms with E-state index in [1.165, 1.54) is 22.2 Å². The number of rotatable bonds is 1. The van der Waals surface area contributed by atoms with Crippen LogP contribution in [0.5, 0.6) is 0 Å². The second-order valence-corrected chi connectivity index (χ2v) is 5.74. The molecule has 2 nitrogen and oxygen atoms in total. The molecule has 100 valence electrons. The van der Waals surface area contributed by atoms with Crippen LogP contribution >= 0.6 is 11.6 Å². The van der Waals surface area contributed by atoms with Gasteiger partial charge in [0.2, 0.25) is 0 Å². The zero-order valence-electron chi connectivity index (χ0n) is 11.1. The molecule has 1 aliphatic heterocycles. The Morgan fingerprint density at radius 2 is 1.90 bits per heavy atom. The Hall–Kier alpha value is -1.93. The molecule has 3 heteroatoms. The fraction of sp³-hybridized carbons (Fsp3) is 0.176. The Balaban J connectivity index is 1.79. The zero-order valence-corrected chi connectivity index (χ0v) is 11.8. The van der Waals surface area contributed by atoms with Crippen molar-refractivity contribution in [2.24, 2.45) is 0 Å². The van der Waals surface area contributed by atoms with Crippen LogP contribution < -0.4 is 4.90 Å². The number of fused-ring (bicyclic) bond motifs is 2. The van der Waals surface area contributed by atoms with Gasteiger partial charge in [0.05, 0.1) is 0 Å². The number of nitrogens with one attached hydrogen (secondary N) is 1. The standard InChI is InChI=1S/C17H15ClN2/c18-14-9-16-15(5-7-19-16)17(10-14)20-8-6-12-3-1-2-4-13(12)11-20/h1-5,7,9-10,19H,6,8,11H2. The van der Waals surface area contributed by atoms with E-state index in [-0.39, 0.29) is 0 Å². The molecule has 3 aromatic rings. The van der Waals surface area contributed by atoms with E-state index in [0.29, 0.717) is 0 Å². The van der Waals surface area contributed by atoms with Gasteiger partial charge in [0.15, 0.2) is 0 Å². The number of aromatic amines is 1. The second-order valence-electron chi connectivity index (χ2n) is 5.30. The van der Waals surface area contributed by atoms with Gasteiger partial charge in [-0.15, -0.1) is 0 Å². The van der Waals surface area contributed by atoms with Gasteiger partial charge in [0.1, 0.15) is 0 Å². The number of anilines is 1. The molecule has 0 aliphatic carbocycles. The van der Waals surface area contributed by atoms with E-state index >= 15 is 0 Å². The van der Waals surface area contributed by atoms with Crippen LogP contribution in [0.1, 0.15) is 11.1 Å². The lowest BCUT2D eigenvalue weighted by atomic mass is 9.99. The smallest absolute Gasteiger partial charge is 0.0489 e. The Labute approximate surface area is 123 Å². The summed E-state index contributed by atoms with van der Waals surface area (Å²) in [5, 5.41) is 2.03. The van der Waals surface area contributed by atoms with Gasteiger partial charge in [-0.25, -0.2) is 0 Å². The van der Waals surface area contributed by atoms with Crippen molar-refractivity contribution < 1.29 is 0 Å². The number of H-pyrrole nitrogens is 1. The van der Waals surface area contributed by atoms with Crippen LogP contribution in [0.3, 0.4) is 0 Å². The van der Waals surface area contributed by atoms with E-state index in [9.17, 15) is 0 Å². The van der Waals surface area contributed by atoms with Crippen molar-refractivity contribution in [3.05, 3.63) is 64.8 Å². The predicted octanol–water partition coefficient (Wildman–Crippen LogP) is 4.38. The van der Waals surface area contributed by atoms with Crippen LogP contribution in [0.15, 0.2) is 48.7 Å². The second kappa shape index (κ2) is 4.57. The molecule has 2 heterocycles. The summed E-state index contributed by atoms with van der Waals surface area (Å²) in [4.78, 5) is 5.67. The summed E-state index contributed by atoms with van der Waals surface area (Å²) in [6, 6.07) is 14.9. The third kappa shape index (κ3) is 1.88. The Morgan fingerprint density at radius 1 is 1.05 bits per heavy atom. The molecule has 4 rings (SSSR count). The average Bonchev–Trinajstić information content (AvgIpc) is 2.94. The lowest BCUT2D eigenvalue weighted by Crippen LogP contribution is -2.30. The molecule has 0 bridgehead atoms. The number of aromatic nitrogens is 1. The zero-order chi connectivity index (χ0) is 13.5.